The molecule has 0 radical (unpaired) electrons. The second-order valence-corrected chi connectivity index (χ2v) is 10.1. The molecular formula is C26H21ClIN7O2. The molecule has 1 aliphatic heterocycles. The van der Waals surface area contributed by atoms with Crippen LogP contribution in [0.5, 0.6) is 0 Å². The minimum atomic E-state index is -0.319. The molecule has 0 bridgehead atoms. The number of rotatable bonds is 5. The molecule has 5 heterocycles. The fourth-order valence-electron chi connectivity index (χ4n) is 4.27. The van der Waals surface area contributed by atoms with Gasteiger partial charge in [-0.2, -0.15) is 4.98 Å². The topological polar surface area (TPSA) is 120 Å². The molecule has 2 N–H and O–H groups in total. The summed E-state index contributed by atoms with van der Waals surface area (Å²) in [5.74, 6) is 5.75. The van der Waals surface area contributed by atoms with Gasteiger partial charge in [0.2, 0.25) is 5.95 Å². The number of nitrogen functional groups attached to an aromatic ring is 1. The summed E-state index contributed by atoms with van der Waals surface area (Å²) >= 11 is 8.77. The van der Waals surface area contributed by atoms with E-state index >= 15 is 0 Å². The van der Waals surface area contributed by atoms with Crippen molar-refractivity contribution in [2.24, 2.45) is 0 Å². The standard InChI is InChI=1S/C26H21ClIN7O2/c1-14-10-31-19(15(2)21(14)28)13-34-12-16(20-22(27)32-26(29)33-23(20)34)6-4-3-5-9-35-24(36)17-7-8-30-11-18(17)25(35)37/h7-8,10-12H,3,5,9,13H2,1-2H3,(H2,29,32,33). The number of pyridine rings is 2. The van der Waals surface area contributed by atoms with Gasteiger partial charge in [0.05, 0.1) is 34.3 Å². The highest BCUT2D eigenvalue weighted by molar-refractivity contribution is 14.1. The van der Waals surface area contributed by atoms with E-state index in [1.807, 2.05) is 30.8 Å². The predicted molar refractivity (Wildman–Crippen MR) is 148 cm³/mol. The Kier molecular flexibility index (Phi) is 6.83. The number of nitrogens with two attached hydrogens (primary N) is 1. The molecule has 0 aliphatic carbocycles. The van der Waals surface area contributed by atoms with Crippen molar-refractivity contribution in [2.45, 2.75) is 33.2 Å². The van der Waals surface area contributed by atoms with Crippen LogP contribution >= 0.6 is 34.2 Å². The number of unbranched alkanes of at least 4 members (excludes halogenated alkanes) is 1. The number of aromatic nitrogens is 5. The lowest BCUT2D eigenvalue weighted by Gasteiger charge is -2.12. The quantitative estimate of drug-likeness (QED) is 0.116. The summed E-state index contributed by atoms with van der Waals surface area (Å²) in [4.78, 5) is 43.3. The molecule has 0 aromatic carbocycles. The van der Waals surface area contributed by atoms with Crippen molar-refractivity contribution in [3.63, 3.8) is 0 Å². The lowest BCUT2D eigenvalue weighted by Crippen LogP contribution is -2.30. The van der Waals surface area contributed by atoms with Gasteiger partial charge in [-0.15, -0.1) is 0 Å². The molecule has 37 heavy (non-hydrogen) atoms. The first-order valence-electron chi connectivity index (χ1n) is 11.5. The first-order chi connectivity index (χ1) is 17.8. The maximum absolute atomic E-state index is 12.5. The zero-order valence-corrected chi connectivity index (χ0v) is 23.0. The van der Waals surface area contributed by atoms with Gasteiger partial charge < -0.3 is 10.3 Å². The number of carbonyl (C=O) groups excluding carboxylic acids is 2. The van der Waals surface area contributed by atoms with E-state index < -0.39 is 0 Å². The molecule has 11 heteroatoms. The number of aryl methyl sites for hydroxylation is 1. The summed E-state index contributed by atoms with van der Waals surface area (Å²) in [6.07, 6.45) is 7.68. The molecule has 0 unspecified atom stereocenters. The van der Waals surface area contributed by atoms with Crippen LogP contribution in [-0.4, -0.2) is 47.8 Å². The second kappa shape index (κ2) is 10.1. The fraction of sp³-hybridized carbons (Fsp3) is 0.231. The summed E-state index contributed by atoms with van der Waals surface area (Å²) in [5, 5.41) is 0.851. The lowest BCUT2D eigenvalue weighted by molar-refractivity contribution is 0.0653. The van der Waals surface area contributed by atoms with Crippen LogP contribution in [0.25, 0.3) is 11.0 Å². The number of amides is 2. The van der Waals surface area contributed by atoms with Crippen molar-refractivity contribution in [3.8, 4) is 11.8 Å². The molecule has 4 aromatic heterocycles. The molecule has 1 aliphatic rings. The van der Waals surface area contributed by atoms with Crippen molar-refractivity contribution < 1.29 is 9.59 Å². The van der Waals surface area contributed by atoms with E-state index in [1.54, 1.807) is 6.07 Å². The minimum Gasteiger partial charge on any atom is -0.368 e. The van der Waals surface area contributed by atoms with Crippen molar-refractivity contribution in [1.29, 1.82) is 0 Å². The van der Waals surface area contributed by atoms with Gasteiger partial charge in [-0.3, -0.25) is 24.5 Å². The molecule has 0 atom stereocenters. The molecule has 4 aromatic rings. The Bertz CT molecular complexity index is 1620. The maximum Gasteiger partial charge on any atom is 0.263 e. The Morgan fingerprint density at radius 2 is 1.92 bits per heavy atom. The zero-order valence-electron chi connectivity index (χ0n) is 20.0. The van der Waals surface area contributed by atoms with E-state index in [2.05, 4.69) is 54.4 Å². The highest BCUT2D eigenvalue weighted by Crippen LogP contribution is 2.28. The van der Waals surface area contributed by atoms with Crippen molar-refractivity contribution in [2.75, 3.05) is 12.3 Å². The number of hydrogen-bond acceptors (Lipinski definition) is 7. The van der Waals surface area contributed by atoms with E-state index in [9.17, 15) is 9.59 Å². The summed E-state index contributed by atoms with van der Waals surface area (Å²) in [5.41, 5.74) is 11.0. The van der Waals surface area contributed by atoms with Crippen LogP contribution in [-0.2, 0) is 6.54 Å². The average Bonchev–Trinajstić information content (AvgIpc) is 3.34. The average molecular weight is 626 g/mol. The van der Waals surface area contributed by atoms with E-state index in [1.165, 1.54) is 20.9 Å². The Morgan fingerprint density at radius 3 is 2.70 bits per heavy atom. The SMILES string of the molecule is Cc1cnc(Cn2cc(C#CCCCN3C(=O)c4ccncc4C3=O)c3c(Cl)nc(N)nc32)c(C)c1I. The summed E-state index contributed by atoms with van der Waals surface area (Å²) in [7, 11) is 0. The third kappa shape index (κ3) is 4.65. The van der Waals surface area contributed by atoms with Crippen molar-refractivity contribution >= 4 is 63.0 Å². The Hall–Kier alpha value is -3.56. The first kappa shape index (κ1) is 25.1. The van der Waals surface area contributed by atoms with Crippen molar-refractivity contribution in [1.82, 2.24) is 29.4 Å². The van der Waals surface area contributed by atoms with Gasteiger partial charge in [-0.25, -0.2) is 4.98 Å². The van der Waals surface area contributed by atoms with Gasteiger partial charge in [0.15, 0.2) is 0 Å². The van der Waals surface area contributed by atoms with Crippen molar-refractivity contribution in [3.05, 3.63) is 73.1 Å². The highest BCUT2D eigenvalue weighted by Gasteiger charge is 2.34. The minimum absolute atomic E-state index is 0.0793. The monoisotopic (exact) mass is 625 g/mol. The number of anilines is 1. The summed E-state index contributed by atoms with van der Waals surface area (Å²) < 4.78 is 3.09. The zero-order chi connectivity index (χ0) is 26.3. The number of halogens is 2. The van der Waals surface area contributed by atoms with E-state index in [0.717, 1.165) is 16.8 Å². The molecule has 2 amide bonds. The largest absolute Gasteiger partial charge is 0.368 e. The number of nitrogens with zero attached hydrogens (tertiary/aromatic N) is 6. The number of imide groups is 1. The van der Waals surface area contributed by atoms with Crippen LogP contribution in [0.2, 0.25) is 5.15 Å². The predicted octanol–water partition coefficient (Wildman–Crippen LogP) is 4.15. The Balaban J connectivity index is 1.36. The molecule has 0 saturated heterocycles. The van der Waals surface area contributed by atoms with Crippen LogP contribution < -0.4 is 5.73 Å². The smallest absolute Gasteiger partial charge is 0.263 e. The second-order valence-electron chi connectivity index (χ2n) is 8.66. The Morgan fingerprint density at radius 1 is 1.14 bits per heavy atom. The van der Waals surface area contributed by atoms with Crippen LogP contribution in [0.15, 0.2) is 30.9 Å². The molecule has 5 rings (SSSR count). The van der Waals surface area contributed by atoms with E-state index in [0.29, 0.717) is 47.1 Å². The van der Waals surface area contributed by atoms with E-state index in [4.69, 9.17) is 17.3 Å². The van der Waals surface area contributed by atoms with Gasteiger partial charge in [0, 0.05) is 41.3 Å². The highest BCUT2D eigenvalue weighted by atomic mass is 127. The van der Waals surface area contributed by atoms with Crippen LogP contribution in [0, 0.1) is 29.3 Å². The summed E-state index contributed by atoms with van der Waals surface area (Å²) in [6.45, 7) is 4.83. The normalized spacial score (nSPS) is 12.7. The fourth-order valence-corrected chi connectivity index (χ4v) is 4.99. The third-order valence-electron chi connectivity index (χ3n) is 6.21. The number of fused-ring (bicyclic) bond motifs is 2. The lowest BCUT2D eigenvalue weighted by atomic mass is 10.1. The molecule has 9 nitrogen and oxygen atoms in total. The third-order valence-corrected chi connectivity index (χ3v) is 8.14. The van der Waals surface area contributed by atoms with Gasteiger partial charge in [0.25, 0.3) is 11.8 Å². The van der Waals surface area contributed by atoms with Gasteiger partial charge in [-0.1, -0.05) is 23.4 Å². The summed E-state index contributed by atoms with van der Waals surface area (Å²) in [6, 6.07) is 1.57. The maximum atomic E-state index is 12.5. The van der Waals surface area contributed by atoms with Crippen LogP contribution in [0.4, 0.5) is 5.95 Å². The molecular weight excluding hydrogens is 605 g/mol. The molecule has 0 spiro atoms. The van der Waals surface area contributed by atoms with Gasteiger partial charge in [-0.05, 0) is 60.1 Å². The van der Waals surface area contributed by atoms with Gasteiger partial charge >= 0.3 is 0 Å². The molecule has 186 valence electrons. The molecule has 0 saturated carbocycles. The van der Waals surface area contributed by atoms with E-state index in [-0.39, 0.29) is 29.5 Å². The van der Waals surface area contributed by atoms with Gasteiger partial charge in [0.1, 0.15) is 10.8 Å². The van der Waals surface area contributed by atoms with Crippen LogP contribution in [0.3, 0.4) is 0 Å². The molecule has 0 fully saturated rings. The first-order valence-corrected chi connectivity index (χ1v) is 12.9. The number of hydrogen-bond donors (Lipinski definition) is 1. The number of carbonyl (C=O) groups is 2. The van der Waals surface area contributed by atoms with Crippen LogP contribution in [0.1, 0.15) is 55.9 Å². The Labute approximate surface area is 231 Å².